The number of ether oxygens (including phenoxy) is 1. The summed E-state index contributed by atoms with van der Waals surface area (Å²) in [6.45, 7) is -0.711. The molecule has 1 aromatic heterocycles. The fourth-order valence-corrected chi connectivity index (χ4v) is 6.10. The van der Waals surface area contributed by atoms with Crippen molar-refractivity contribution in [1.82, 2.24) is 14.8 Å². The molecule has 5 rings (SSSR count). The van der Waals surface area contributed by atoms with Gasteiger partial charge >= 0.3 is 6.61 Å². The number of nitrogens with zero attached hydrogens (tertiary/aromatic N) is 2. The number of nitrogens with one attached hydrogen (secondary N) is 2. The van der Waals surface area contributed by atoms with Crippen molar-refractivity contribution < 1.29 is 39.9 Å². The summed E-state index contributed by atoms with van der Waals surface area (Å²) < 4.78 is 118. The number of para-hydroxylation sites is 1. The van der Waals surface area contributed by atoms with E-state index in [-0.39, 0.29) is 34.9 Å². The van der Waals surface area contributed by atoms with Crippen LogP contribution < -0.4 is 10.1 Å². The van der Waals surface area contributed by atoms with E-state index in [4.69, 9.17) is 4.74 Å². The Morgan fingerprint density at radius 2 is 1.88 bits per heavy atom. The Morgan fingerprint density at radius 3 is 2.59 bits per heavy atom. The number of aromatic amines is 1. The largest absolute Gasteiger partial charge is 0.434 e. The summed E-state index contributed by atoms with van der Waals surface area (Å²) in [6, 6.07) is 3.45. The van der Waals surface area contributed by atoms with E-state index in [2.05, 4.69) is 10.3 Å². The smallest absolute Gasteiger partial charge is 0.387 e. The van der Waals surface area contributed by atoms with Crippen molar-refractivity contribution in [3.63, 3.8) is 0 Å². The number of halogens is 8. The van der Waals surface area contributed by atoms with Crippen LogP contribution >= 0.6 is 0 Å². The topological polar surface area (TPSA) is 43.5 Å². The van der Waals surface area contributed by atoms with Gasteiger partial charge in [0, 0.05) is 54.4 Å². The van der Waals surface area contributed by atoms with Gasteiger partial charge in [-0.15, -0.1) is 0 Å². The summed E-state index contributed by atoms with van der Waals surface area (Å²) in [7, 11) is 0. The number of anilines is 1. The Bertz CT molecular complexity index is 1370. The first kappa shape index (κ1) is 29.4. The number of aromatic nitrogens is 1. The minimum absolute atomic E-state index is 0.0395. The van der Waals surface area contributed by atoms with Crippen molar-refractivity contribution in [2.45, 2.75) is 63.6 Å². The highest BCUT2D eigenvalue weighted by Crippen LogP contribution is 2.47. The molecule has 5 nitrogen and oxygen atoms in total. The lowest BCUT2D eigenvalue weighted by Crippen LogP contribution is -2.49. The molecule has 0 saturated carbocycles. The second-order valence-electron chi connectivity index (χ2n) is 10.5. The molecule has 2 aliphatic rings. The van der Waals surface area contributed by atoms with Gasteiger partial charge < -0.3 is 19.9 Å². The van der Waals surface area contributed by atoms with Crippen LogP contribution in [-0.4, -0.2) is 72.5 Å². The molecule has 0 radical (unpaired) electrons. The molecule has 0 spiro atoms. The van der Waals surface area contributed by atoms with E-state index in [9.17, 15) is 26.3 Å². The molecule has 2 aromatic carbocycles. The highest BCUT2D eigenvalue weighted by Gasteiger charge is 2.44. The standard InChI is InChI=1S/C28H30F8N4O/c1-14-10-17-16-4-2-5-19(30)23(16)38-24(17)25(40(14)27(34)26(32)33)18-11-20(31)21(12-22(18)41-28(35)36)37-15-6-9-39(13-15)8-3-7-29/h2,4-5,11-12,14-15,25-28,37-38H,3,6-10,13H2,1H3/t14-,15?,25?,27?/m1/s1. The number of alkyl halides is 6. The Labute approximate surface area is 231 Å². The van der Waals surface area contributed by atoms with Crippen LogP contribution in [0.15, 0.2) is 30.3 Å². The predicted octanol–water partition coefficient (Wildman–Crippen LogP) is 6.79. The molecule has 1 fully saturated rings. The lowest BCUT2D eigenvalue weighted by atomic mass is 9.87. The van der Waals surface area contributed by atoms with Gasteiger partial charge in [0.05, 0.1) is 23.9 Å². The zero-order chi connectivity index (χ0) is 29.4. The van der Waals surface area contributed by atoms with E-state index in [1.165, 1.54) is 19.1 Å². The second kappa shape index (κ2) is 12.0. The second-order valence-corrected chi connectivity index (χ2v) is 10.5. The van der Waals surface area contributed by atoms with Crippen LogP contribution in [0.25, 0.3) is 10.9 Å². The van der Waals surface area contributed by atoms with Gasteiger partial charge in [-0.3, -0.25) is 9.29 Å². The lowest BCUT2D eigenvalue weighted by molar-refractivity contribution is -0.0857. The molecule has 2 N–H and O–H groups in total. The Balaban J connectivity index is 1.60. The zero-order valence-electron chi connectivity index (χ0n) is 22.1. The summed E-state index contributed by atoms with van der Waals surface area (Å²) in [5, 5.41) is 3.40. The summed E-state index contributed by atoms with van der Waals surface area (Å²) in [6.07, 6.45) is -5.30. The molecule has 13 heteroatoms. The number of H-pyrrole nitrogens is 1. The minimum atomic E-state index is -3.46. The maximum absolute atomic E-state index is 15.6. The van der Waals surface area contributed by atoms with Gasteiger partial charge in [-0.05, 0) is 43.9 Å². The third kappa shape index (κ3) is 5.83. The van der Waals surface area contributed by atoms with Crippen molar-refractivity contribution in [3.8, 4) is 5.75 Å². The minimum Gasteiger partial charge on any atom is -0.434 e. The number of hydrogen-bond acceptors (Lipinski definition) is 4. The Kier molecular flexibility index (Phi) is 8.65. The zero-order valence-corrected chi connectivity index (χ0v) is 22.1. The number of hydrogen-bond donors (Lipinski definition) is 2. The van der Waals surface area contributed by atoms with E-state index < -0.39 is 55.5 Å². The molecule has 224 valence electrons. The van der Waals surface area contributed by atoms with Crippen LogP contribution in [0.4, 0.5) is 40.8 Å². The molecular formula is C28H30F8N4O. The average molecular weight is 591 g/mol. The molecule has 0 bridgehead atoms. The third-order valence-corrected chi connectivity index (χ3v) is 7.85. The van der Waals surface area contributed by atoms with Gasteiger partial charge in [-0.25, -0.2) is 22.0 Å². The molecule has 0 aliphatic carbocycles. The first-order valence-electron chi connectivity index (χ1n) is 13.4. The molecule has 3 aromatic rings. The van der Waals surface area contributed by atoms with Gasteiger partial charge in [-0.1, -0.05) is 12.1 Å². The predicted molar refractivity (Wildman–Crippen MR) is 138 cm³/mol. The molecule has 2 aliphatic heterocycles. The molecule has 4 atom stereocenters. The summed E-state index contributed by atoms with van der Waals surface area (Å²) in [5.41, 5.74) is 0.139. The van der Waals surface area contributed by atoms with Crippen LogP contribution in [0.5, 0.6) is 5.75 Å². The van der Waals surface area contributed by atoms with Gasteiger partial charge in [0.15, 0.2) is 0 Å². The van der Waals surface area contributed by atoms with E-state index >= 15 is 8.78 Å². The van der Waals surface area contributed by atoms with Gasteiger partial charge in [-0.2, -0.15) is 8.78 Å². The van der Waals surface area contributed by atoms with Crippen molar-refractivity contribution >= 4 is 16.6 Å². The normalized spacial score (nSPS) is 22.6. The van der Waals surface area contributed by atoms with Crippen molar-refractivity contribution in [1.29, 1.82) is 0 Å². The fourth-order valence-electron chi connectivity index (χ4n) is 6.10. The highest BCUT2D eigenvalue weighted by atomic mass is 19.3. The average Bonchev–Trinajstić information content (AvgIpc) is 3.52. The first-order chi connectivity index (χ1) is 19.6. The number of rotatable bonds is 10. The van der Waals surface area contributed by atoms with Crippen LogP contribution in [0, 0.1) is 11.6 Å². The molecule has 0 amide bonds. The van der Waals surface area contributed by atoms with E-state index in [1.54, 1.807) is 6.07 Å². The van der Waals surface area contributed by atoms with Crippen molar-refractivity contribution in [2.24, 2.45) is 0 Å². The first-order valence-corrected chi connectivity index (χ1v) is 13.4. The van der Waals surface area contributed by atoms with Gasteiger partial charge in [0.2, 0.25) is 6.30 Å². The quantitative estimate of drug-likeness (QED) is 0.202. The number of benzene rings is 2. The van der Waals surface area contributed by atoms with Crippen LogP contribution in [0.2, 0.25) is 0 Å². The number of fused-ring (bicyclic) bond motifs is 3. The van der Waals surface area contributed by atoms with E-state index in [1.807, 2.05) is 4.90 Å². The van der Waals surface area contributed by atoms with Gasteiger partial charge in [0.1, 0.15) is 17.4 Å². The van der Waals surface area contributed by atoms with Crippen molar-refractivity contribution in [2.75, 3.05) is 31.6 Å². The SMILES string of the molecule is C[C@@H]1Cc2c([nH]c3c(F)cccc23)C(c2cc(F)c(NC3CCN(CCCF)C3)cc2OC(F)F)N1C(F)C(F)F. The lowest BCUT2D eigenvalue weighted by Gasteiger charge is -2.42. The third-order valence-electron chi connectivity index (χ3n) is 7.85. The van der Waals surface area contributed by atoms with Crippen LogP contribution in [-0.2, 0) is 6.42 Å². The van der Waals surface area contributed by atoms with E-state index in [0.29, 0.717) is 43.4 Å². The van der Waals surface area contributed by atoms with Crippen LogP contribution in [0.1, 0.15) is 42.6 Å². The van der Waals surface area contributed by atoms with Crippen LogP contribution in [0.3, 0.4) is 0 Å². The molecule has 41 heavy (non-hydrogen) atoms. The Hall–Kier alpha value is -3.06. The summed E-state index contributed by atoms with van der Waals surface area (Å²) in [4.78, 5) is 5.60. The van der Waals surface area contributed by atoms with Crippen molar-refractivity contribution in [3.05, 3.63) is 58.8 Å². The molecule has 1 saturated heterocycles. The Morgan fingerprint density at radius 1 is 1.10 bits per heavy atom. The molecule has 3 unspecified atom stereocenters. The summed E-state index contributed by atoms with van der Waals surface area (Å²) >= 11 is 0. The maximum Gasteiger partial charge on any atom is 0.387 e. The molecular weight excluding hydrogens is 560 g/mol. The fraction of sp³-hybridized carbons (Fsp3) is 0.500. The monoisotopic (exact) mass is 590 g/mol. The maximum atomic E-state index is 15.6. The van der Waals surface area contributed by atoms with E-state index in [0.717, 1.165) is 17.0 Å². The molecule has 3 heterocycles. The summed E-state index contributed by atoms with van der Waals surface area (Å²) in [5.74, 6) is -2.07. The highest BCUT2D eigenvalue weighted by molar-refractivity contribution is 5.86. The van der Waals surface area contributed by atoms with Gasteiger partial charge in [0.25, 0.3) is 6.43 Å². The number of likely N-dealkylation sites (tertiary alicyclic amines) is 1.